The molecule has 0 aliphatic heterocycles. The van der Waals surface area contributed by atoms with E-state index in [2.05, 4.69) is 33.6 Å². The molecule has 0 unspecified atom stereocenters. The molecule has 6 nitrogen and oxygen atoms in total. The number of amides is 1. The van der Waals surface area contributed by atoms with Gasteiger partial charge in [0.1, 0.15) is 17.2 Å². The van der Waals surface area contributed by atoms with Gasteiger partial charge in [-0.1, -0.05) is 41.2 Å². The largest absolute Gasteiger partial charge is 0.496 e. The van der Waals surface area contributed by atoms with Crippen molar-refractivity contribution in [2.24, 2.45) is 5.92 Å². The molecule has 2 aromatic carbocycles. The van der Waals surface area contributed by atoms with Gasteiger partial charge in [0, 0.05) is 13.1 Å². The molecule has 8 heteroatoms. The standard InChI is InChI=1S/C25H28IN3O3S/c1-15-5-4-6-18(11-15)23-22(28-25(27)33-23)24(30)29(14-16-7-8-16)10-9-17-12-21(32-3)19(26)13-20(17)31-2/h4-6,11-13,16H,7-10,14H2,1-3H3,(H2,27,28). The Morgan fingerprint density at radius 1 is 1.21 bits per heavy atom. The minimum atomic E-state index is -0.0669. The van der Waals surface area contributed by atoms with E-state index in [1.807, 2.05) is 42.2 Å². The third-order valence-electron chi connectivity index (χ3n) is 5.80. The van der Waals surface area contributed by atoms with Crippen LogP contribution >= 0.6 is 33.9 Å². The van der Waals surface area contributed by atoms with Gasteiger partial charge in [0.15, 0.2) is 5.13 Å². The first-order valence-electron chi connectivity index (χ1n) is 10.9. The Labute approximate surface area is 212 Å². The van der Waals surface area contributed by atoms with Crippen LogP contribution in [0.5, 0.6) is 11.5 Å². The highest BCUT2D eigenvalue weighted by atomic mass is 127. The molecule has 1 aliphatic carbocycles. The summed E-state index contributed by atoms with van der Waals surface area (Å²) in [5, 5.41) is 0.408. The zero-order valence-corrected chi connectivity index (χ0v) is 22.0. The number of nitrogens with zero attached hydrogens (tertiary/aromatic N) is 2. The molecule has 1 fully saturated rings. The van der Waals surface area contributed by atoms with Crippen molar-refractivity contribution < 1.29 is 14.3 Å². The minimum absolute atomic E-state index is 0.0669. The number of aryl methyl sites for hydroxylation is 1. The number of methoxy groups -OCH3 is 2. The van der Waals surface area contributed by atoms with E-state index in [-0.39, 0.29) is 5.91 Å². The summed E-state index contributed by atoms with van der Waals surface area (Å²) in [5.74, 6) is 2.10. The molecule has 3 aromatic rings. The van der Waals surface area contributed by atoms with Crippen molar-refractivity contribution in [3.8, 4) is 21.9 Å². The number of halogens is 1. The molecule has 33 heavy (non-hydrogen) atoms. The lowest BCUT2D eigenvalue weighted by molar-refractivity contribution is 0.0745. The number of carbonyl (C=O) groups excluding carboxylic acids is 1. The van der Waals surface area contributed by atoms with Gasteiger partial charge in [0.05, 0.1) is 22.7 Å². The summed E-state index contributed by atoms with van der Waals surface area (Å²) in [6, 6.07) is 12.1. The SMILES string of the molecule is COc1cc(CCN(CC2CC2)C(=O)c2nc(N)sc2-c2cccc(C)c2)c(OC)cc1I. The highest BCUT2D eigenvalue weighted by molar-refractivity contribution is 14.1. The number of nitrogens with two attached hydrogens (primary N) is 1. The number of hydrogen-bond acceptors (Lipinski definition) is 6. The summed E-state index contributed by atoms with van der Waals surface area (Å²) in [5.41, 5.74) is 9.62. The van der Waals surface area contributed by atoms with Gasteiger partial charge in [-0.3, -0.25) is 4.79 Å². The van der Waals surface area contributed by atoms with Crippen LogP contribution in [0.3, 0.4) is 0 Å². The van der Waals surface area contributed by atoms with Gasteiger partial charge < -0.3 is 20.1 Å². The molecule has 1 aliphatic rings. The van der Waals surface area contributed by atoms with Crippen molar-refractivity contribution in [3.05, 3.63) is 56.8 Å². The zero-order chi connectivity index (χ0) is 23.5. The summed E-state index contributed by atoms with van der Waals surface area (Å²) >= 11 is 3.60. The fourth-order valence-corrected chi connectivity index (χ4v) is 5.35. The van der Waals surface area contributed by atoms with E-state index in [4.69, 9.17) is 15.2 Å². The lowest BCUT2D eigenvalue weighted by Crippen LogP contribution is -2.35. The Morgan fingerprint density at radius 2 is 1.97 bits per heavy atom. The van der Waals surface area contributed by atoms with Crippen LogP contribution in [0.1, 0.15) is 34.5 Å². The third kappa shape index (κ3) is 5.60. The van der Waals surface area contributed by atoms with E-state index < -0.39 is 0 Å². The number of benzene rings is 2. The van der Waals surface area contributed by atoms with Crippen LogP contribution in [0.4, 0.5) is 5.13 Å². The number of ether oxygens (including phenoxy) is 2. The van der Waals surface area contributed by atoms with Gasteiger partial charge in [-0.2, -0.15) is 0 Å². The molecule has 1 amide bonds. The third-order valence-corrected chi connectivity index (χ3v) is 7.57. The number of hydrogen-bond donors (Lipinski definition) is 1. The second-order valence-corrected chi connectivity index (χ2v) is 10.5. The van der Waals surface area contributed by atoms with Crippen LogP contribution in [0.25, 0.3) is 10.4 Å². The number of anilines is 1. The van der Waals surface area contributed by atoms with Crippen molar-refractivity contribution in [1.29, 1.82) is 0 Å². The van der Waals surface area contributed by atoms with E-state index in [1.165, 1.54) is 11.3 Å². The van der Waals surface area contributed by atoms with E-state index >= 15 is 0 Å². The van der Waals surface area contributed by atoms with Crippen molar-refractivity contribution in [2.75, 3.05) is 33.0 Å². The predicted molar refractivity (Wildman–Crippen MR) is 141 cm³/mol. The lowest BCUT2D eigenvalue weighted by Gasteiger charge is -2.23. The Kier molecular flexibility index (Phi) is 7.43. The summed E-state index contributed by atoms with van der Waals surface area (Å²) < 4.78 is 12.1. The summed E-state index contributed by atoms with van der Waals surface area (Å²) in [6.07, 6.45) is 2.98. The quantitative estimate of drug-likeness (QED) is 0.344. The molecule has 2 N–H and O–H groups in total. The molecule has 0 spiro atoms. The molecule has 4 rings (SSSR count). The topological polar surface area (TPSA) is 77.7 Å². The average Bonchev–Trinajstić information content (AvgIpc) is 3.54. The molecule has 1 aromatic heterocycles. The zero-order valence-electron chi connectivity index (χ0n) is 19.1. The van der Waals surface area contributed by atoms with Crippen LogP contribution in [-0.4, -0.2) is 43.1 Å². The van der Waals surface area contributed by atoms with Gasteiger partial charge >= 0.3 is 0 Å². The van der Waals surface area contributed by atoms with E-state index in [1.54, 1.807) is 14.2 Å². The second-order valence-electron chi connectivity index (χ2n) is 8.34. The predicted octanol–water partition coefficient (Wildman–Crippen LogP) is 5.42. The van der Waals surface area contributed by atoms with Gasteiger partial charge in [0.25, 0.3) is 5.91 Å². The van der Waals surface area contributed by atoms with Crippen LogP contribution in [0.2, 0.25) is 0 Å². The first-order chi connectivity index (χ1) is 15.9. The molecular weight excluding hydrogens is 549 g/mol. The highest BCUT2D eigenvalue weighted by Gasteiger charge is 2.30. The maximum absolute atomic E-state index is 13.7. The van der Waals surface area contributed by atoms with Crippen LogP contribution in [0, 0.1) is 16.4 Å². The van der Waals surface area contributed by atoms with E-state index in [0.29, 0.717) is 29.7 Å². The van der Waals surface area contributed by atoms with Crippen LogP contribution in [0.15, 0.2) is 36.4 Å². The highest BCUT2D eigenvalue weighted by Crippen LogP contribution is 2.35. The molecule has 0 atom stereocenters. The minimum Gasteiger partial charge on any atom is -0.496 e. The van der Waals surface area contributed by atoms with Crippen molar-refractivity contribution in [3.63, 3.8) is 0 Å². The van der Waals surface area contributed by atoms with Crippen molar-refractivity contribution >= 4 is 45.0 Å². The Bertz CT molecular complexity index is 1160. The monoisotopic (exact) mass is 577 g/mol. The fraction of sp³-hybridized carbons (Fsp3) is 0.360. The summed E-state index contributed by atoms with van der Waals surface area (Å²) in [4.78, 5) is 20.9. The van der Waals surface area contributed by atoms with E-state index in [0.717, 1.165) is 56.0 Å². The fourth-order valence-electron chi connectivity index (χ4n) is 3.88. The molecule has 1 saturated carbocycles. The molecule has 0 bridgehead atoms. The molecule has 0 radical (unpaired) electrons. The molecular formula is C25H28IN3O3S. The first kappa shape index (κ1) is 23.8. The lowest BCUT2D eigenvalue weighted by atomic mass is 10.1. The first-order valence-corrected chi connectivity index (χ1v) is 12.8. The van der Waals surface area contributed by atoms with Gasteiger partial charge in [-0.15, -0.1) is 0 Å². The number of thiazole rings is 1. The maximum atomic E-state index is 13.7. The van der Waals surface area contributed by atoms with Crippen molar-refractivity contribution in [2.45, 2.75) is 26.2 Å². The van der Waals surface area contributed by atoms with Crippen LogP contribution < -0.4 is 15.2 Å². The molecule has 174 valence electrons. The van der Waals surface area contributed by atoms with Gasteiger partial charge in [-0.25, -0.2) is 4.98 Å². The number of carbonyl (C=O) groups is 1. The van der Waals surface area contributed by atoms with Gasteiger partial charge in [0.2, 0.25) is 0 Å². The molecule has 1 heterocycles. The number of aromatic nitrogens is 1. The average molecular weight is 577 g/mol. The summed E-state index contributed by atoms with van der Waals surface area (Å²) in [6.45, 7) is 3.34. The Balaban J connectivity index is 1.61. The number of nitrogen functional groups attached to an aromatic ring is 1. The number of rotatable bonds is 9. The normalized spacial score (nSPS) is 13.1. The Morgan fingerprint density at radius 3 is 2.64 bits per heavy atom. The summed E-state index contributed by atoms with van der Waals surface area (Å²) in [7, 11) is 3.33. The van der Waals surface area contributed by atoms with E-state index in [9.17, 15) is 4.79 Å². The van der Waals surface area contributed by atoms with Gasteiger partial charge in [-0.05, 0) is 78.0 Å². The van der Waals surface area contributed by atoms with Crippen LogP contribution in [-0.2, 0) is 6.42 Å². The smallest absolute Gasteiger partial charge is 0.274 e. The Hall–Kier alpha value is -2.33. The second kappa shape index (κ2) is 10.3. The maximum Gasteiger partial charge on any atom is 0.274 e. The van der Waals surface area contributed by atoms with Crippen molar-refractivity contribution in [1.82, 2.24) is 9.88 Å². The molecule has 0 saturated heterocycles.